The normalized spacial score (nSPS) is 12.2. The minimum absolute atomic E-state index is 0.0598. The van der Waals surface area contributed by atoms with Crippen LogP contribution in [-0.2, 0) is 12.8 Å². The molecule has 2 nitrogen and oxygen atoms in total. The Bertz CT molecular complexity index is 564. The molecule has 2 aromatic rings. The summed E-state index contributed by atoms with van der Waals surface area (Å²) in [5, 5.41) is 9.99. The third kappa shape index (κ3) is 3.54. The number of rotatable bonds is 5. The van der Waals surface area contributed by atoms with Crippen molar-refractivity contribution >= 4 is 0 Å². The van der Waals surface area contributed by atoms with Gasteiger partial charge < -0.3 is 9.84 Å². The third-order valence-corrected chi connectivity index (χ3v) is 3.11. The predicted octanol–water partition coefficient (Wildman–Crippen LogP) is 3.12. The van der Waals surface area contributed by atoms with Gasteiger partial charge in [-0.3, -0.25) is 0 Å². The van der Waals surface area contributed by atoms with E-state index in [2.05, 4.69) is 0 Å². The monoisotopic (exact) mass is 278 g/mol. The van der Waals surface area contributed by atoms with E-state index in [1.54, 1.807) is 19.2 Å². The van der Waals surface area contributed by atoms with Crippen molar-refractivity contribution < 1.29 is 18.6 Å². The van der Waals surface area contributed by atoms with Crippen molar-refractivity contribution in [1.29, 1.82) is 0 Å². The second-order valence-electron chi connectivity index (χ2n) is 4.61. The Labute approximate surface area is 116 Å². The fourth-order valence-corrected chi connectivity index (χ4v) is 2.11. The first-order chi connectivity index (χ1) is 9.60. The molecule has 4 heteroatoms. The molecule has 0 aromatic heterocycles. The Morgan fingerprint density at radius 3 is 2.35 bits per heavy atom. The Morgan fingerprint density at radius 1 is 1.05 bits per heavy atom. The quantitative estimate of drug-likeness (QED) is 0.910. The fourth-order valence-electron chi connectivity index (χ4n) is 2.11. The highest BCUT2D eigenvalue weighted by molar-refractivity contribution is 5.29. The number of benzene rings is 2. The summed E-state index contributed by atoms with van der Waals surface area (Å²) < 4.78 is 32.1. The standard InChI is InChI=1S/C16H16F2O2/c1-20-13-5-2-4-11(9-13)8-12(19)10-14-15(17)6-3-7-16(14)18/h2-7,9,12,19H,8,10H2,1H3. The van der Waals surface area contributed by atoms with Gasteiger partial charge in [-0.15, -0.1) is 0 Å². The summed E-state index contributed by atoms with van der Waals surface area (Å²) in [5.41, 5.74) is 0.775. The number of halogens is 2. The van der Waals surface area contributed by atoms with Gasteiger partial charge in [-0.05, 0) is 36.2 Å². The number of hydrogen-bond acceptors (Lipinski definition) is 2. The van der Waals surface area contributed by atoms with Crippen LogP contribution in [0.15, 0.2) is 42.5 Å². The largest absolute Gasteiger partial charge is 0.497 e. The molecule has 0 saturated heterocycles. The molecule has 0 radical (unpaired) electrons. The second kappa shape index (κ2) is 6.48. The average Bonchev–Trinajstić information content (AvgIpc) is 2.43. The van der Waals surface area contributed by atoms with Crippen LogP contribution in [0.5, 0.6) is 5.75 Å². The van der Waals surface area contributed by atoms with Gasteiger partial charge in [0.25, 0.3) is 0 Å². The van der Waals surface area contributed by atoms with Crippen molar-refractivity contribution in [3.63, 3.8) is 0 Å². The molecule has 1 unspecified atom stereocenters. The highest BCUT2D eigenvalue weighted by atomic mass is 19.1. The highest BCUT2D eigenvalue weighted by Crippen LogP contribution is 2.18. The van der Waals surface area contributed by atoms with Gasteiger partial charge in [0.2, 0.25) is 0 Å². The number of aliphatic hydroxyl groups is 1. The summed E-state index contributed by atoms with van der Waals surface area (Å²) in [7, 11) is 1.56. The lowest BCUT2D eigenvalue weighted by Gasteiger charge is -2.12. The van der Waals surface area contributed by atoms with E-state index in [0.717, 1.165) is 5.56 Å². The Morgan fingerprint density at radius 2 is 1.70 bits per heavy atom. The molecular formula is C16H16F2O2. The van der Waals surface area contributed by atoms with E-state index in [4.69, 9.17) is 4.74 Å². The summed E-state index contributed by atoms with van der Waals surface area (Å²) in [6.45, 7) is 0. The van der Waals surface area contributed by atoms with Crippen LogP contribution in [0.1, 0.15) is 11.1 Å². The molecule has 0 fully saturated rings. The van der Waals surface area contributed by atoms with Crippen LogP contribution in [-0.4, -0.2) is 18.3 Å². The Kier molecular flexibility index (Phi) is 4.69. The molecular weight excluding hydrogens is 262 g/mol. The van der Waals surface area contributed by atoms with E-state index < -0.39 is 17.7 Å². The van der Waals surface area contributed by atoms with Gasteiger partial charge in [-0.2, -0.15) is 0 Å². The van der Waals surface area contributed by atoms with Gasteiger partial charge in [0, 0.05) is 12.0 Å². The summed E-state index contributed by atoms with van der Waals surface area (Å²) in [6.07, 6.45) is -0.603. The molecule has 106 valence electrons. The third-order valence-electron chi connectivity index (χ3n) is 3.11. The van der Waals surface area contributed by atoms with Crippen LogP contribution in [0.2, 0.25) is 0 Å². The molecule has 0 aliphatic rings. The lowest BCUT2D eigenvalue weighted by atomic mass is 10.0. The Hall–Kier alpha value is -1.94. The van der Waals surface area contributed by atoms with E-state index in [9.17, 15) is 13.9 Å². The van der Waals surface area contributed by atoms with Crippen LogP contribution in [0, 0.1) is 11.6 Å². The van der Waals surface area contributed by atoms with E-state index in [0.29, 0.717) is 12.2 Å². The predicted molar refractivity (Wildman–Crippen MR) is 72.8 cm³/mol. The molecule has 2 aromatic carbocycles. The zero-order valence-corrected chi connectivity index (χ0v) is 11.1. The summed E-state index contributed by atoms with van der Waals surface area (Å²) in [5.74, 6) is -0.573. The van der Waals surface area contributed by atoms with Gasteiger partial charge in [-0.1, -0.05) is 18.2 Å². The molecule has 0 aliphatic carbocycles. The molecule has 1 N–H and O–H groups in total. The van der Waals surface area contributed by atoms with Crippen LogP contribution >= 0.6 is 0 Å². The lowest BCUT2D eigenvalue weighted by molar-refractivity contribution is 0.172. The number of methoxy groups -OCH3 is 1. The molecule has 2 rings (SSSR count). The van der Waals surface area contributed by atoms with Crippen molar-refractivity contribution in [2.45, 2.75) is 18.9 Å². The van der Waals surface area contributed by atoms with Crippen molar-refractivity contribution in [1.82, 2.24) is 0 Å². The van der Waals surface area contributed by atoms with Gasteiger partial charge in [0.1, 0.15) is 17.4 Å². The maximum Gasteiger partial charge on any atom is 0.129 e. The zero-order chi connectivity index (χ0) is 14.5. The van der Waals surface area contributed by atoms with Crippen LogP contribution in [0.25, 0.3) is 0 Å². The molecule has 0 bridgehead atoms. The van der Waals surface area contributed by atoms with Crippen molar-refractivity contribution in [3.05, 3.63) is 65.2 Å². The van der Waals surface area contributed by atoms with E-state index in [-0.39, 0.29) is 12.0 Å². The van der Waals surface area contributed by atoms with Gasteiger partial charge in [0.05, 0.1) is 13.2 Å². The van der Waals surface area contributed by atoms with Crippen LogP contribution in [0.3, 0.4) is 0 Å². The maximum absolute atomic E-state index is 13.5. The molecule has 0 saturated carbocycles. The van der Waals surface area contributed by atoms with E-state index in [1.807, 2.05) is 12.1 Å². The highest BCUT2D eigenvalue weighted by Gasteiger charge is 2.14. The molecule has 20 heavy (non-hydrogen) atoms. The number of ether oxygens (including phenoxy) is 1. The number of hydrogen-bond donors (Lipinski definition) is 1. The van der Waals surface area contributed by atoms with Crippen LogP contribution in [0.4, 0.5) is 8.78 Å². The zero-order valence-electron chi connectivity index (χ0n) is 11.1. The van der Waals surface area contributed by atoms with Crippen molar-refractivity contribution in [3.8, 4) is 5.75 Å². The van der Waals surface area contributed by atoms with E-state index >= 15 is 0 Å². The summed E-state index contributed by atoms with van der Waals surface area (Å²) >= 11 is 0. The molecule has 0 amide bonds. The first-order valence-electron chi connectivity index (χ1n) is 6.34. The van der Waals surface area contributed by atoms with E-state index in [1.165, 1.54) is 18.2 Å². The molecule has 0 spiro atoms. The number of aliphatic hydroxyl groups excluding tert-OH is 1. The van der Waals surface area contributed by atoms with Crippen molar-refractivity contribution in [2.24, 2.45) is 0 Å². The van der Waals surface area contributed by atoms with Crippen LogP contribution < -0.4 is 4.74 Å². The molecule has 0 aliphatic heterocycles. The van der Waals surface area contributed by atoms with Gasteiger partial charge in [-0.25, -0.2) is 8.78 Å². The fraction of sp³-hybridized carbons (Fsp3) is 0.250. The minimum Gasteiger partial charge on any atom is -0.497 e. The molecule has 0 heterocycles. The molecule has 1 atom stereocenters. The average molecular weight is 278 g/mol. The smallest absolute Gasteiger partial charge is 0.129 e. The topological polar surface area (TPSA) is 29.5 Å². The minimum atomic E-state index is -0.853. The summed E-state index contributed by atoms with van der Waals surface area (Å²) in [6, 6.07) is 10.9. The first kappa shape index (κ1) is 14.5. The van der Waals surface area contributed by atoms with Gasteiger partial charge in [0.15, 0.2) is 0 Å². The SMILES string of the molecule is COc1cccc(CC(O)Cc2c(F)cccc2F)c1. The van der Waals surface area contributed by atoms with Crippen molar-refractivity contribution in [2.75, 3.05) is 7.11 Å². The summed E-state index contributed by atoms with van der Waals surface area (Å²) in [4.78, 5) is 0. The lowest BCUT2D eigenvalue weighted by Crippen LogP contribution is -2.16. The Balaban J connectivity index is 2.07. The first-order valence-corrected chi connectivity index (χ1v) is 6.34. The van der Waals surface area contributed by atoms with Gasteiger partial charge >= 0.3 is 0 Å². The maximum atomic E-state index is 13.5. The second-order valence-corrected chi connectivity index (χ2v) is 4.61.